The van der Waals surface area contributed by atoms with E-state index < -0.39 is 7.80 Å². The molecule has 0 spiro atoms. The molecule has 2 aromatic rings. The third kappa shape index (κ3) is 3.17. The Morgan fingerprint density at radius 1 is 0.750 bits per heavy atom. The molecule has 0 amide bonds. The molecule has 2 rings (SSSR count). The molecule has 0 aliphatic heterocycles. The maximum atomic E-state index is 12.7. The molecule has 0 aromatic heterocycles. The molecule has 0 heterocycles. The Bertz CT molecular complexity index is 570. The van der Waals surface area contributed by atoms with Gasteiger partial charge in [-0.1, -0.05) is 16.7 Å². The van der Waals surface area contributed by atoms with Crippen LogP contribution in [0.3, 0.4) is 0 Å². The molecule has 0 aliphatic carbocycles. The molecule has 0 bridgehead atoms. The fraction of sp³-hybridized carbons (Fsp3) is 0.250. The van der Waals surface area contributed by atoms with Gasteiger partial charge < -0.3 is 9.80 Å². The first kappa shape index (κ1) is 14.5. The van der Waals surface area contributed by atoms with Crippen molar-refractivity contribution in [3.63, 3.8) is 0 Å². The molecule has 0 aliphatic rings. The molecule has 0 fully saturated rings. The quantitative estimate of drug-likeness (QED) is 0.808. The van der Waals surface area contributed by atoms with E-state index in [2.05, 4.69) is 0 Å². The van der Waals surface area contributed by atoms with Crippen molar-refractivity contribution in [1.82, 2.24) is 0 Å². The summed E-state index contributed by atoms with van der Waals surface area (Å²) >= 11 is 0. The molecule has 4 heteroatoms. The molecule has 0 saturated carbocycles. The molecule has 0 atom stereocenters. The Morgan fingerprint density at radius 2 is 1.15 bits per heavy atom. The third-order valence-electron chi connectivity index (χ3n) is 3.16. The Balaban J connectivity index is 2.36. The fourth-order valence-electron chi connectivity index (χ4n) is 1.94. The lowest BCUT2D eigenvalue weighted by molar-refractivity contribution is 0.598. The van der Waals surface area contributed by atoms with Crippen LogP contribution in [0.4, 0.5) is 11.4 Å². The van der Waals surface area contributed by atoms with E-state index in [4.69, 9.17) is 0 Å². The molecule has 0 saturated heterocycles. The van der Waals surface area contributed by atoms with Crippen LogP contribution in [0.15, 0.2) is 48.5 Å². The summed E-state index contributed by atoms with van der Waals surface area (Å²) in [6, 6.07) is 15.8. The first-order valence-corrected chi connectivity index (χ1v) is 7.77. The van der Waals surface area contributed by atoms with Crippen molar-refractivity contribution in [2.45, 2.75) is 0 Å². The highest BCUT2D eigenvalue weighted by Gasteiger charge is 2.24. The number of rotatable bonds is 4. The van der Waals surface area contributed by atoms with E-state index in [1.807, 2.05) is 86.5 Å². The zero-order valence-corrected chi connectivity index (χ0v) is 13.3. The van der Waals surface area contributed by atoms with Crippen molar-refractivity contribution in [2.75, 3.05) is 38.0 Å². The first-order chi connectivity index (χ1) is 9.49. The lowest BCUT2D eigenvalue weighted by atomic mass is 10.3. The van der Waals surface area contributed by atoms with Gasteiger partial charge in [-0.05, 0) is 24.3 Å². The summed E-state index contributed by atoms with van der Waals surface area (Å²) in [7, 11) is 6.38. The number of benzene rings is 2. The second-order valence-electron chi connectivity index (χ2n) is 5.12. The van der Waals surface area contributed by atoms with E-state index in [1.54, 1.807) is 0 Å². The Hall–Kier alpha value is -1.86. The highest BCUT2D eigenvalue weighted by atomic mass is 31.1. The molecular weight excluding hydrogens is 267 g/mol. The van der Waals surface area contributed by atoms with Crippen LogP contribution in [0.5, 0.6) is 0 Å². The lowest BCUT2D eigenvalue weighted by Gasteiger charge is -2.12. The van der Waals surface area contributed by atoms with Crippen LogP contribution < -0.4 is 20.4 Å². The predicted molar refractivity (Wildman–Crippen MR) is 88.4 cm³/mol. The van der Waals surface area contributed by atoms with E-state index in [0.717, 1.165) is 22.0 Å². The Labute approximate surface area is 121 Å². The highest BCUT2D eigenvalue weighted by molar-refractivity contribution is 7.61. The normalized spacial score (nSPS) is 10.2. The van der Waals surface area contributed by atoms with Gasteiger partial charge in [0, 0.05) is 51.7 Å². The Morgan fingerprint density at radius 3 is 1.50 bits per heavy atom. The fourth-order valence-corrected chi connectivity index (χ4v) is 3.18. The molecule has 0 N–H and O–H groups in total. The number of nitrogens with zero attached hydrogens (tertiary/aromatic N) is 2. The van der Waals surface area contributed by atoms with Crippen LogP contribution in [0.25, 0.3) is 0 Å². The second-order valence-corrected chi connectivity index (χ2v) is 6.74. The highest BCUT2D eigenvalue weighted by Crippen LogP contribution is 2.24. The zero-order valence-electron chi connectivity index (χ0n) is 12.4. The maximum Gasteiger partial charge on any atom is 0.415 e. The average molecular weight is 287 g/mol. The van der Waals surface area contributed by atoms with E-state index in [0.29, 0.717) is 0 Å². The second kappa shape index (κ2) is 6.06. The minimum atomic E-state index is -1.56. The van der Waals surface area contributed by atoms with Gasteiger partial charge in [0.25, 0.3) is 0 Å². The minimum absolute atomic E-state index is 0.863. The van der Waals surface area contributed by atoms with Crippen molar-refractivity contribution >= 4 is 29.8 Å². The monoisotopic (exact) mass is 287 g/mol. The van der Waals surface area contributed by atoms with Crippen LogP contribution in [0.1, 0.15) is 0 Å². The average Bonchev–Trinajstić information content (AvgIpc) is 2.46. The third-order valence-corrected chi connectivity index (χ3v) is 4.66. The molecule has 104 valence electrons. The van der Waals surface area contributed by atoms with Crippen LogP contribution in [-0.2, 0) is 4.57 Å². The number of hydrogen-bond donors (Lipinski definition) is 0. The smallest absolute Gasteiger partial charge is 0.378 e. The van der Waals surface area contributed by atoms with Crippen LogP contribution in [0, 0.1) is 0 Å². The van der Waals surface area contributed by atoms with E-state index >= 15 is 0 Å². The van der Waals surface area contributed by atoms with Crippen LogP contribution in [-0.4, -0.2) is 28.2 Å². The largest absolute Gasteiger partial charge is 0.415 e. The van der Waals surface area contributed by atoms with Crippen LogP contribution >= 0.6 is 7.80 Å². The van der Waals surface area contributed by atoms with Gasteiger partial charge in [0.15, 0.2) is 10.6 Å². The van der Waals surface area contributed by atoms with Crippen molar-refractivity contribution < 1.29 is 4.57 Å². The summed E-state index contributed by atoms with van der Waals surface area (Å²) in [5.74, 6) is 0. The summed E-state index contributed by atoms with van der Waals surface area (Å²) in [4.78, 5) is 4.03. The van der Waals surface area contributed by atoms with Crippen molar-refractivity contribution in [3.8, 4) is 0 Å². The number of hydrogen-bond acceptors (Lipinski definition) is 3. The van der Waals surface area contributed by atoms with Gasteiger partial charge in [-0.15, -0.1) is 0 Å². The molecule has 0 unspecified atom stereocenters. The maximum absolute atomic E-state index is 12.7. The summed E-state index contributed by atoms with van der Waals surface area (Å²) < 4.78 is 12.7. The van der Waals surface area contributed by atoms with Gasteiger partial charge >= 0.3 is 7.80 Å². The summed E-state index contributed by atoms with van der Waals surface area (Å²) in [6.07, 6.45) is 0. The predicted octanol–water partition coefficient (Wildman–Crippen LogP) is 2.60. The molecular formula is C16H20N2OP+. The van der Waals surface area contributed by atoms with Gasteiger partial charge in [-0.2, -0.15) is 0 Å². The van der Waals surface area contributed by atoms with Crippen molar-refractivity contribution in [1.29, 1.82) is 0 Å². The molecule has 2 aromatic carbocycles. The van der Waals surface area contributed by atoms with E-state index in [9.17, 15) is 4.57 Å². The van der Waals surface area contributed by atoms with Gasteiger partial charge in [-0.25, -0.2) is 0 Å². The standard InChI is InChI=1S/C16H20N2OP/c1-17(2)13-7-5-9-15(11-13)20(19)16-10-6-8-14(12-16)18(3)4/h5-12H,1-4H3/q+1. The molecule has 3 nitrogen and oxygen atoms in total. The first-order valence-electron chi connectivity index (χ1n) is 6.51. The van der Waals surface area contributed by atoms with Gasteiger partial charge in [-0.3, -0.25) is 0 Å². The van der Waals surface area contributed by atoms with Crippen molar-refractivity contribution in [2.24, 2.45) is 0 Å². The van der Waals surface area contributed by atoms with E-state index in [1.165, 1.54) is 0 Å². The zero-order chi connectivity index (χ0) is 14.7. The summed E-state index contributed by atoms with van der Waals surface area (Å²) in [5, 5.41) is 1.73. The van der Waals surface area contributed by atoms with Crippen molar-refractivity contribution in [3.05, 3.63) is 48.5 Å². The topological polar surface area (TPSA) is 23.6 Å². The van der Waals surface area contributed by atoms with Gasteiger partial charge in [0.1, 0.15) is 0 Å². The molecule has 20 heavy (non-hydrogen) atoms. The van der Waals surface area contributed by atoms with Crippen LogP contribution in [0.2, 0.25) is 0 Å². The summed E-state index contributed by atoms with van der Waals surface area (Å²) in [5.41, 5.74) is 2.13. The number of anilines is 2. The Kier molecular flexibility index (Phi) is 4.41. The minimum Gasteiger partial charge on any atom is -0.378 e. The SMILES string of the molecule is CN(C)c1cccc([P+](=O)c2cccc(N(C)C)c2)c1. The lowest BCUT2D eigenvalue weighted by Crippen LogP contribution is -2.14. The summed E-state index contributed by atoms with van der Waals surface area (Å²) in [6.45, 7) is 0. The molecule has 0 radical (unpaired) electrons. The van der Waals surface area contributed by atoms with Gasteiger partial charge in [0.2, 0.25) is 0 Å². The van der Waals surface area contributed by atoms with E-state index in [-0.39, 0.29) is 0 Å². The van der Waals surface area contributed by atoms with Gasteiger partial charge in [0.05, 0.1) is 0 Å².